The summed E-state index contributed by atoms with van der Waals surface area (Å²) in [7, 11) is 1.56. The van der Waals surface area contributed by atoms with Crippen molar-refractivity contribution in [3.8, 4) is 0 Å². The third-order valence-corrected chi connectivity index (χ3v) is 3.40. The van der Waals surface area contributed by atoms with E-state index in [9.17, 15) is 9.59 Å². The fourth-order valence-corrected chi connectivity index (χ4v) is 2.14. The predicted molar refractivity (Wildman–Crippen MR) is 64.9 cm³/mol. The van der Waals surface area contributed by atoms with Gasteiger partial charge in [0, 0.05) is 7.05 Å². The van der Waals surface area contributed by atoms with Gasteiger partial charge in [-0.25, -0.2) is 0 Å². The van der Waals surface area contributed by atoms with Crippen molar-refractivity contribution < 1.29 is 9.59 Å². The van der Waals surface area contributed by atoms with Crippen LogP contribution in [-0.4, -0.2) is 24.2 Å². The largest absolute Gasteiger partial charge is 0.354 e. The minimum atomic E-state index is -0.182. The van der Waals surface area contributed by atoms with Gasteiger partial charge in [-0.3, -0.25) is 9.59 Å². The number of aryl methyl sites for hydroxylation is 1. The zero-order valence-electron chi connectivity index (χ0n) is 8.39. The number of carbonyl (C=O) groups is 2. The minimum absolute atomic E-state index is 0.165. The first kappa shape index (κ1) is 12.2. The van der Waals surface area contributed by atoms with Crippen molar-refractivity contribution >= 4 is 44.8 Å². The van der Waals surface area contributed by atoms with E-state index in [1.54, 1.807) is 7.05 Å². The van der Waals surface area contributed by atoms with Crippen LogP contribution in [0.15, 0.2) is 5.38 Å². The third kappa shape index (κ3) is 2.79. The normalized spacial score (nSPS) is 9.80. The third-order valence-electron chi connectivity index (χ3n) is 1.79. The van der Waals surface area contributed by atoms with Crippen molar-refractivity contribution in [1.29, 1.82) is 0 Å². The molecule has 0 saturated heterocycles. The molecule has 0 aliphatic carbocycles. The molecule has 82 valence electrons. The van der Waals surface area contributed by atoms with Crippen LogP contribution in [0.5, 0.6) is 0 Å². The van der Waals surface area contributed by atoms with E-state index in [4.69, 9.17) is 0 Å². The molecular formula is C9H11BrN2O2S. The first-order chi connectivity index (χ1) is 7.10. The molecule has 1 aromatic rings. The summed E-state index contributed by atoms with van der Waals surface area (Å²) in [5, 5.41) is 7.28. The Bertz CT molecular complexity index is 389. The van der Waals surface area contributed by atoms with Gasteiger partial charge in [-0.05, 0) is 17.9 Å². The average molecular weight is 291 g/mol. The van der Waals surface area contributed by atoms with Crippen molar-refractivity contribution in [1.82, 2.24) is 5.32 Å². The van der Waals surface area contributed by atoms with E-state index in [0.717, 1.165) is 5.56 Å². The summed E-state index contributed by atoms with van der Waals surface area (Å²) < 4.78 is 0. The summed E-state index contributed by atoms with van der Waals surface area (Å²) in [4.78, 5) is 23.2. The van der Waals surface area contributed by atoms with Crippen LogP contribution in [0.25, 0.3) is 0 Å². The maximum Gasteiger partial charge on any atom is 0.263 e. The number of anilines is 1. The second-order valence-corrected chi connectivity index (χ2v) is 4.32. The number of halogens is 1. The van der Waals surface area contributed by atoms with Gasteiger partial charge < -0.3 is 10.6 Å². The van der Waals surface area contributed by atoms with Crippen LogP contribution in [0, 0.1) is 6.92 Å². The molecule has 0 bridgehead atoms. The van der Waals surface area contributed by atoms with Crippen molar-refractivity contribution in [3.05, 3.63) is 15.8 Å². The fraction of sp³-hybridized carbons (Fsp3) is 0.333. The predicted octanol–water partition coefficient (Wildman–Crippen LogP) is 1.75. The summed E-state index contributed by atoms with van der Waals surface area (Å²) in [6.45, 7) is 1.85. The van der Waals surface area contributed by atoms with E-state index >= 15 is 0 Å². The number of rotatable bonds is 3. The molecule has 0 aliphatic heterocycles. The lowest BCUT2D eigenvalue weighted by Crippen LogP contribution is -2.20. The van der Waals surface area contributed by atoms with Gasteiger partial charge in [0.25, 0.3) is 5.91 Å². The van der Waals surface area contributed by atoms with Gasteiger partial charge in [-0.1, -0.05) is 15.9 Å². The first-order valence-corrected chi connectivity index (χ1v) is 6.26. The van der Waals surface area contributed by atoms with Gasteiger partial charge in [0.1, 0.15) is 4.88 Å². The highest BCUT2D eigenvalue weighted by Crippen LogP contribution is 2.27. The Balaban J connectivity index is 2.99. The molecule has 2 amide bonds. The van der Waals surface area contributed by atoms with Crippen LogP contribution in [0.2, 0.25) is 0 Å². The number of nitrogens with one attached hydrogen (secondary N) is 2. The van der Waals surface area contributed by atoms with Crippen LogP contribution in [-0.2, 0) is 4.79 Å². The molecule has 0 spiro atoms. The molecular weight excluding hydrogens is 280 g/mol. The Hall–Kier alpha value is -0.880. The first-order valence-electron chi connectivity index (χ1n) is 4.26. The van der Waals surface area contributed by atoms with Crippen LogP contribution >= 0.6 is 27.3 Å². The molecule has 0 fully saturated rings. The van der Waals surface area contributed by atoms with E-state index in [1.807, 2.05) is 12.3 Å². The highest BCUT2D eigenvalue weighted by molar-refractivity contribution is 9.09. The molecule has 6 heteroatoms. The number of alkyl halides is 1. The Labute approximate surface area is 100 Å². The number of hydrogen-bond acceptors (Lipinski definition) is 3. The lowest BCUT2D eigenvalue weighted by Gasteiger charge is -2.05. The zero-order chi connectivity index (χ0) is 11.4. The maximum absolute atomic E-state index is 11.5. The maximum atomic E-state index is 11.5. The molecule has 0 unspecified atom stereocenters. The van der Waals surface area contributed by atoms with Crippen LogP contribution in [0.3, 0.4) is 0 Å². The molecule has 0 radical (unpaired) electrons. The van der Waals surface area contributed by atoms with E-state index in [2.05, 4.69) is 26.6 Å². The van der Waals surface area contributed by atoms with Crippen molar-refractivity contribution in [2.75, 3.05) is 17.7 Å². The van der Waals surface area contributed by atoms with Gasteiger partial charge in [-0.15, -0.1) is 11.3 Å². The zero-order valence-corrected chi connectivity index (χ0v) is 10.8. The molecule has 1 rings (SSSR count). The van der Waals surface area contributed by atoms with Crippen molar-refractivity contribution in [2.24, 2.45) is 0 Å². The number of carbonyl (C=O) groups excluding carboxylic acids is 2. The van der Waals surface area contributed by atoms with Gasteiger partial charge >= 0.3 is 0 Å². The van der Waals surface area contributed by atoms with Crippen molar-refractivity contribution in [3.63, 3.8) is 0 Å². The fourth-order valence-electron chi connectivity index (χ4n) is 1.05. The van der Waals surface area contributed by atoms with Gasteiger partial charge in [0.05, 0.1) is 11.0 Å². The standard InChI is InChI=1S/C9H11BrN2O2S/c1-5-4-15-8(9(14)11-2)7(5)12-6(13)3-10/h4H,3H2,1-2H3,(H,11,14)(H,12,13). The summed E-state index contributed by atoms with van der Waals surface area (Å²) in [6, 6.07) is 0. The van der Waals surface area contributed by atoms with Crippen LogP contribution in [0.4, 0.5) is 5.69 Å². The van der Waals surface area contributed by atoms with Crippen molar-refractivity contribution in [2.45, 2.75) is 6.92 Å². The molecule has 15 heavy (non-hydrogen) atoms. The average Bonchev–Trinajstić information content (AvgIpc) is 2.59. The molecule has 0 aliphatic rings. The Morgan fingerprint density at radius 1 is 1.53 bits per heavy atom. The lowest BCUT2D eigenvalue weighted by molar-refractivity contribution is -0.113. The highest BCUT2D eigenvalue weighted by Gasteiger charge is 2.16. The highest BCUT2D eigenvalue weighted by atomic mass is 79.9. The topological polar surface area (TPSA) is 58.2 Å². The lowest BCUT2D eigenvalue weighted by atomic mass is 10.2. The summed E-state index contributed by atoms with van der Waals surface area (Å²) >= 11 is 4.37. The number of thiophene rings is 1. The Kier molecular flexibility index (Phi) is 4.28. The minimum Gasteiger partial charge on any atom is -0.354 e. The van der Waals surface area contributed by atoms with E-state index in [0.29, 0.717) is 10.6 Å². The molecule has 2 N–H and O–H groups in total. The molecule has 4 nitrogen and oxygen atoms in total. The smallest absolute Gasteiger partial charge is 0.263 e. The van der Waals surface area contributed by atoms with Gasteiger partial charge in [0.2, 0.25) is 5.91 Å². The number of hydrogen-bond donors (Lipinski definition) is 2. The quantitative estimate of drug-likeness (QED) is 0.834. The van der Waals surface area contributed by atoms with Gasteiger partial charge in [0.15, 0.2) is 0 Å². The SMILES string of the molecule is CNC(=O)c1scc(C)c1NC(=O)CBr. The van der Waals surface area contributed by atoms with E-state index < -0.39 is 0 Å². The molecule has 0 atom stereocenters. The molecule has 1 heterocycles. The molecule has 1 aromatic heterocycles. The Morgan fingerprint density at radius 3 is 2.73 bits per heavy atom. The number of amides is 2. The van der Waals surface area contributed by atoms with Crippen LogP contribution in [0.1, 0.15) is 15.2 Å². The molecule has 0 saturated carbocycles. The monoisotopic (exact) mass is 290 g/mol. The summed E-state index contributed by atoms with van der Waals surface area (Å²) in [5.41, 5.74) is 1.50. The second kappa shape index (κ2) is 5.27. The van der Waals surface area contributed by atoms with Gasteiger partial charge in [-0.2, -0.15) is 0 Å². The van der Waals surface area contributed by atoms with Crippen LogP contribution < -0.4 is 10.6 Å². The Morgan fingerprint density at radius 2 is 2.20 bits per heavy atom. The second-order valence-electron chi connectivity index (χ2n) is 2.88. The summed E-state index contributed by atoms with van der Waals surface area (Å²) in [6.07, 6.45) is 0. The summed E-state index contributed by atoms with van der Waals surface area (Å²) in [5.74, 6) is -0.348. The van der Waals surface area contributed by atoms with E-state index in [-0.39, 0.29) is 17.1 Å². The van der Waals surface area contributed by atoms with E-state index in [1.165, 1.54) is 11.3 Å². The molecule has 0 aromatic carbocycles.